The number of rotatable bonds is 2. The second-order valence-corrected chi connectivity index (χ2v) is 3.03. The van der Waals surface area contributed by atoms with E-state index in [9.17, 15) is 43.9 Å². The minimum Gasteiger partial charge on any atom is -0.187 e. The summed E-state index contributed by atoms with van der Waals surface area (Å²) < 4.78 is 120. The van der Waals surface area contributed by atoms with Crippen molar-refractivity contribution >= 4 is 0 Å². The Morgan fingerprint density at radius 3 is 1.58 bits per heavy atom. The van der Waals surface area contributed by atoms with Crippen LogP contribution in [0.25, 0.3) is 0 Å². The summed E-state index contributed by atoms with van der Waals surface area (Å²) in [7, 11) is 0. The summed E-state index contributed by atoms with van der Waals surface area (Å²) in [6.45, 7) is 0. The predicted molar refractivity (Wildman–Crippen MR) is 34.0 cm³/mol. The van der Waals surface area contributed by atoms with Crippen LogP contribution in [0.4, 0.5) is 43.9 Å². The molecule has 1 aromatic heterocycles. The molecule has 19 heavy (non-hydrogen) atoms. The van der Waals surface area contributed by atoms with Crippen molar-refractivity contribution in [1.29, 1.82) is 0 Å². The molecule has 0 atom stereocenters. The van der Waals surface area contributed by atoms with Crippen LogP contribution in [-0.4, -0.2) is 32.6 Å². The van der Waals surface area contributed by atoms with Crippen molar-refractivity contribution in [3.05, 3.63) is 5.82 Å². The minimum atomic E-state index is -6.46. The lowest BCUT2D eigenvalue weighted by molar-refractivity contribution is -0.338. The molecule has 0 radical (unpaired) electrons. The Bertz CT molecular complexity index is 415. The van der Waals surface area contributed by atoms with Crippen molar-refractivity contribution < 1.29 is 43.9 Å². The molecule has 1 rings (SSSR count). The van der Waals surface area contributed by atoms with E-state index in [-0.39, 0.29) is 0 Å². The fourth-order valence-electron chi connectivity index (χ4n) is 0.819. The quantitative estimate of drug-likeness (QED) is 0.788. The molecule has 0 fully saturated rings. The number of hydrogen-bond acceptors (Lipinski definition) is 3. The highest BCUT2D eigenvalue weighted by atomic mass is 19.4. The van der Waals surface area contributed by atoms with Crippen LogP contribution in [0.2, 0.25) is 0 Å². The molecule has 110 valence electrons. The van der Waals surface area contributed by atoms with Gasteiger partial charge in [0.2, 0.25) is 5.82 Å². The third-order valence-electron chi connectivity index (χ3n) is 1.71. The van der Waals surface area contributed by atoms with E-state index in [0.29, 0.717) is 0 Å². The van der Waals surface area contributed by atoms with E-state index in [1.807, 2.05) is 15.5 Å². The maximum absolute atomic E-state index is 12.7. The number of nitrogens with zero attached hydrogens (tertiary/aromatic N) is 4. The first-order chi connectivity index (χ1) is 8.23. The van der Waals surface area contributed by atoms with Crippen molar-refractivity contribution in [2.45, 2.75) is 24.3 Å². The SMILES string of the molecule is FC(F)(F)C(F)(F)c1nnnn1C(F)(F)C(F)(F)F. The Morgan fingerprint density at radius 1 is 0.737 bits per heavy atom. The summed E-state index contributed by atoms with van der Waals surface area (Å²) in [5, 5.41) is 5.71. The molecule has 1 aromatic rings. The molecule has 0 aliphatic rings. The largest absolute Gasteiger partial charge is 0.477 e. The van der Waals surface area contributed by atoms with Gasteiger partial charge in [0, 0.05) is 0 Å². The Labute approximate surface area is 95.5 Å². The summed E-state index contributed by atoms with van der Waals surface area (Å²) in [4.78, 5) is 0. The maximum Gasteiger partial charge on any atom is 0.477 e. The first-order valence-electron chi connectivity index (χ1n) is 3.91. The summed E-state index contributed by atoms with van der Waals surface area (Å²) in [6.07, 6.45) is -12.9. The zero-order valence-corrected chi connectivity index (χ0v) is 8.07. The van der Waals surface area contributed by atoms with Crippen molar-refractivity contribution in [3.63, 3.8) is 0 Å². The van der Waals surface area contributed by atoms with Crippen LogP contribution >= 0.6 is 0 Å². The molecule has 0 saturated carbocycles. The molecule has 0 aromatic carbocycles. The van der Waals surface area contributed by atoms with Crippen LogP contribution in [0, 0.1) is 0 Å². The first-order valence-corrected chi connectivity index (χ1v) is 3.91. The second-order valence-electron chi connectivity index (χ2n) is 3.03. The van der Waals surface area contributed by atoms with E-state index in [4.69, 9.17) is 0 Å². The number of tetrazole rings is 1. The normalized spacial score (nSPS) is 14.8. The van der Waals surface area contributed by atoms with Crippen molar-refractivity contribution in [2.75, 3.05) is 0 Å². The van der Waals surface area contributed by atoms with Gasteiger partial charge in [0.25, 0.3) is 0 Å². The van der Waals surface area contributed by atoms with Crippen LogP contribution in [0.5, 0.6) is 0 Å². The van der Waals surface area contributed by atoms with E-state index < -0.39 is 34.8 Å². The van der Waals surface area contributed by atoms with Crippen LogP contribution in [0.1, 0.15) is 5.82 Å². The van der Waals surface area contributed by atoms with Gasteiger partial charge in [-0.1, -0.05) is 0 Å². The van der Waals surface area contributed by atoms with Gasteiger partial charge in [0.1, 0.15) is 0 Å². The number of aromatic nitrogens is 4. The van der Waals surface area contributed by atoms with E-state index in [1.165, 1.54) is 0 Å². The van der Waals surface area contributed by atoms with Crippen LogP contribution in [-0.2, 0) is 12.0 Å². The molecule has 0 amide bonds. The maximum atomic E-state index is 12.7. The third-order valence-corrected chi connectivity index (χ3v) is 1.71. The fourth-order valence-corrected chi connectivity index (χ4v) is 0.819. The molecule has 0 saturated heterocycles. The highest BCUT2D eigenvalue weighted by Crippen LogP contribution is 2.46. The minimum absolute atomic E-state index is 1.84. The Hall–Kier alpha value is -1.63. The van der Waals surface area contributed by atoms with Crippen molar-refractivity contribution in [2.24, 2.45) is 0 Å². The van der Waals surface area contributed by atoms with Gasteiger partial charge in [-0.25, -0.2) is 0 Å². The third kappa shape index (κ3) is 2.30. The van der Waals surface area contributed by atoms with Crippen LogP contribution in [0.3, 0.4) is 0 Å². The summed E-state index contributed by atoms with van der Waals surface area (Å²) in [5.41, 5.74) is 0. The average Bonchev–Trinajstić information content (AvgIpc) is 2.62. The monoisotopic (exact) mass is 306 g/mol. The topological polar surface area (TPSA) is 43.6 Å². The lowest BCUT2D eigenvalue weighted by Gasteiger charge is -2.23. The van der Waals surface area contributed by atoms with Gasteiger partial charge in [-0.3, -0.25) is 0 Å². The predicted octanol–water partition coefficient (Wildman–Crippen LogP) is 2.44. The highest BCUT2D eigenvalue weighted by molar-refractivity contribution is 5.00. The molecule has 0 spiro atoms. The lowest BCUT2D eigenvalue weighted by atomic mass is 10.3. The van der Waals surface area contributed by atoms with Gasteiger partial charge in [-0.2, -0.15) is 48.6 Å². The number of alkyl halides is 10. The molecule has 1 heterocycles. The molecular formula is C5F10N4. The molecule has 0 unspecified atom stereocenters. The van der Waals surface area contributed by atoms with Crippen molar-refractivity contribution in [3.8, 4) is 0 Å². The molecule has 4 nitrogen and oxygen atoms in total. The van der Waals surface area contributed by atoms with E-state index in [1.54, 1.807) is 0 Å². The van der Waals surface area contributed by atoms with Gasteiger partial charge in [0.05, 0.1) is 0 Å². The smallest absolute Gasteiger partial charge is 0.187 e. The van der Waals surface area contributed by atoms with Crippen LogP contribution in [0.15, 0.2) is 0 Å². The Morgan fingerprint density at radius 2 is 1.21 bits per heavy atom. The number of hydrogen-bond donors (Lipinski definition) is 0. The summed E-state index contributed by atoms with van der Waals surface area (Å²) in [6, 6.07) is -6.12. The van der Waals surface area contributed by atoms with Gasteiger partial charge in [0.15, 0.2) is 0 Å². The van der Waals surface area contributed by atoms with E-state index >= 15 is 0 Å². The average molecular weight is 306 g/mol. The van der Waals surface area contributed by atoms with Gasteiger partial charge < -0.3 is 0 Å². The molecular weight excluding hydrogens is 306 g/mol. The molecule has 0 aliphatic heterocycles. The van der Waals surface area contributed by atoms with Crippen molar-refractivity contribution in [1.82, 2.24) is 20.2 Å². The summed E-state index contributed by atoms with van der Waals surface area (Å²) in [5.74, 6) is -9.05. The second kappa shape index (κ2) is 3.93. The summed E-state index contributed by atoms with van der Waals surface area (Å²) >= 11 is 0. The molecule has 0 N–H and O–H groups in total. The van der Waals surface area contributed by atoms with E-state index in [0.717, 1.165) is 0 Å². The van der Waals surface area contributed by atoms with Crippen LogP contribution < -0.4 is 0 Å². The zero-order valence-electron chi connectivity index (χ0n) is 8.07. The standard InChI is InChI=1S/C5F10N4/c6-2(7,3(8,9)10)1-16-17-18-19(1)5(14,15)4(11,12)13. The highest BCUT2D eigenvalue weighted by Gasteiger charge is 2.68. The lowest BCUT2D eigenvalue weighted by Crippen LogP contribution is -2.45. The molecule has 0 aliphatic carbocycles. The first kappa shape index (κ1) is 15.4. The molecule has 0 bridgehead atoms. The zero-order chi connectivity index (χ0) is 15.3. The fraction of sp³-hybridized carbons (Fsp3) is 0.800. The van der Waals surface area contributed by atoms with E-state index in [2.05, 4.69) is 0 Å². The Kier molecular flexibility index (Phi) is 3.19. The molecule has 14 heteroatoms. The number of halogens is 10. The van der Waals surface area contributed by atoms with Gasteiger partial charge in [-0.05, 0) is 10.4 Å². The van der Waals surface area contributed by atoms with Gasteiger partial charge in [-0.15, -0.1) is 5.10 Å². The van der Waals surface area contributed by atoms with Gasteiger partial charge >= 0.3 is 24.3 Å². The Balaban J connectivity index is 3.43.